The summed E-state index contributed by atoms with van der Waals surface area (Å²) in [5, 5.41) is 2.54. The Kier molecular flexibility index (Phi) is 7.59. The summed E-state index contributed by atoms with van der Waals surface area (Å²) in [6.07, 6.45) is 0. The van der Waals surface area contributed by atoms with Crippen molar-refractivity contribution in [2.45, 2.75) is 38.5 Å². The molecule has 0 N–H and O–H groups in total. The zero-order valence-electron chi connectivity index (χ0n) is 33.2. The van der Waals surface area contributed by atoms with Gasteiger partial charge in [-0.1, -0.05) is 185 Å². The fourth-order valence-corrected chi connectivity index (χ4v) is 9.81. The second-order valence-electron chi connectivity index (χ2n) is 17.0. The second-order valence-corrected chi connectivity index (χ2v) is 17.0. The first-order valence-corrected chi connectivity index (χ1v) is 20.3. The van der Waals surface area contributed by atoms with Gasteiger partial charge in [0.15, 0.2) is 5.82 Å². The molecular formula is C56H42N2. The summed E-state index contributed by atoms with van der Waals surface area (Å²) in [5.41, 5.74) is 20.4. The third kappa shape index (κ3) is 5.25. The van der Waals surface area contributed by atoms with E-state index in [1.54, 1.807) is 0 Å². The van der Waals surface area contributed by atoms with E-state index in [4.69, 9.17) is 9.97 Å². The molecule has 0 fully saturated rings. The van der Waals surface area contributed by atoms with Crippen LogP contribution in [-0.2, 0) is 10.8 Å². The Labute approximate surface area is 340 Å². The van der Waals surface area contributed by atoms with Crippen molar-refractivity contribution in [3.8, 4) is 78.4 Å². The van der Waals surface area contributed by atoms with Crippen LogP contribution in [0, 0.1) is 0 Å². The van der Waals surface area contributed by atoms with Crippen LogP contribution in [0.5, 0.6) is 0 Å². The van der Waals surface area contributed by atoms with Gasteiger partial charge in [-0.15, -0.1) is 0 Å². The van der Waals surface area contributed by atoms with Gasteiger partial charge in [0.05, 0.1) is 11.4 Å². The van der Waals surface area contributed by atoms with E-state index in [1.165, 1.54) is 72.0 Å². The highest BCUT2D eigenvalue weighted by Gasteiger charge is 2.38. The quantitative estimate of drug-likeness (QED) is 0.175. The van der Waals surface area contributed by atoms with Crippen molar-refractivity contribution in [1.29, 1.82) is 0 Å². The molecule has 9 aromatic rings. The number of nitrogens with zero attached hydrogens (tertiary/aromatic N) is 2. The summed E-state index contributed by atoms with van der Waals surface area (Å²) in [7, 11) is 0. The minimum Gasteiger partial charge on any atom is -0.228 e. The fourth-order valence-electron chi connectivity index (χ4n) is 9.81. The molecule has 0 atom stereocenters. The predicted octanol–water partition coefficient (Wildman–Crippen LogP) is 14.6. The van der Waals surface area contributed by atoms with Crippen molar-refractivity contribution in [1.82, 2.24) is 9.97 Å². The SMILES string of the molecule is CC1(C)c2ccccc2-c2ccc(-c3ccc(-c4cc(-c5ccccc5-c5cccc6c5-c5cc7ccccc7cc5C6(C)C)nc(-c5ccccc5)n4)cc3)cc21. The van der Waals surface area contributed by atoms with E-state index in [-0.39, 0.29) is 10.8 Å². The van der Waals surface area contributed by atoms with Crippen LogP contribution in [-0.4, -0.2) is 9.97 Å². The average molecular weight is 743 g/mol. The molecule has 0 saturated carbocycles. The number of benzene rings is 8. The van der Waals surface area contributed by atoms with Gasteiger partial charge in [-0.2, -0.15) is 0 Å². The van der Waals surface area contributed by atoms with Crippen LogP contribution in [0.1, 0.15) is 49.9 Å². The monoisotopic (exact) mass is 742 g/mol. The Hall–Kier alpha value is -6.90. The van der Waals surface area contributed by atoms with Crippen LogP contribution >= 0.6 is 0 Å². The highest BCUT2D eigenvalue weighted by molar-refractivity contribution is 6.01. The Bertz CT molecular complexity index is 3100. The first-order valence-electron chi connectivity index (χ1n) is 20.3. The van der Waals surface area contributed by atoms with Gasteiger partial charge in [0.2, 0.25) is 0 Å². The Morgan fingerprint density at radius 2 is 0.862 bits per heavy atom. The van der Waals surface area contributed by atoms with Crippen LogP contribution in [0.15, 0.2) is 182 Å². The van der Waals surface area contributed by atoms with Crippen molar-refractivity contribution >= 4 is 10.8 Å². The molecule has 0 saturated heterocycles. The van der Waals surface area contributed by atoms with Crippen LogP contribution in [0.25, 0.3) is 89.2 Å². The molecule has 11 rings (SSSR count). The van der Waals surface area contributed by atoms with Gasteiger partial charge in [-0.3, -0.25) is 0 Å². The van der Waals surface area contributed by atoms with Gasteiger partial charge in [0.25, 0.3) is 0 Å². The molecule has 276 valence electrons. The van der Waals surface area contributed by atoms with Crippen molar-refractivity contribution in [3.05, 3.63) is 204 Å². The number of fused-ring (bicyclic) bond motifs is 7. The minimum atomic E-state index is -0.130. The van der Waals surface area contributed by atoms with Gasteiger partial charge in [-0.05, 0) is 102 Å². The van der Waals surface area contributed by atoms with Gasteiger partial charge < -0.3 is 0 Å². The van der Waals surface area contributed by atoms with Crippen molar-refractivity contribution in [2.24, 2.45) is 0 Å². The molecule has 2 heteroatoms. The summed E-state index contributed by atoms with van der Waals surface area (Å²) in [4.78, 5) is 10.5. The van der Waals surface area contributed by atoms with Crippen LogP contribution in [0.4, 0.5) is 0 Å². The van der Waals surface area contributed by atoms with Gasteiger partial charge >= 0.3 is 0 Å². The lowest BCUT2D eigenvalue weighted by atomic mass is 9.81. The molecule has 0 bridgehead atoms. The largest absolute Gasteiger partial charge is 0.228 e. The predicted molar refractivity (Wildman–Crippen MR) is 242 cm³/mol. The second kappa shape index (κ2) is 12.8. The third-order valence-electron chi connectivity index (χ3n) is 12.9. The molecule has 0 unspecified atom stereocenters. The number of rotatable bonds is 5. The molecule has 2 aliphatic carbocycles. The number of aromatic nitrogens is 2. The van der Waals surface area contributed by atoms with Gasteiger partial charge in [0.1, 0.15) is 0 Å². The van der Waals surface area contributed by atoms with Crippen molar-refractivity contribution in [2.75, 3.05) is 0 Å². The Balaban J connectivity index is 1.03. The summed E-state index contributed by atoms with van der Waals surface area (Å²) in [5.74, 6) is 0.712. The number of hydrogen-bond donors (Lipinski definition) is 0. The highest BCUT2D eigenvalue weighted by Crippen LogP contribution is 2.54. The zero-order valence-corrected chi connectivity index (χ0v) is 33.2. The number of hydrogen-bond acceptors (Lipinski definition) is 2. The van der Waals surface area contributed by atoms with Crippen LogP contribution < -0.4 is 0 Å². The highest BCUT2D eigenvalue weighted by atomic mass is 14.9. The van der Waals surface area contributed by atoms with E-state index in [1.807, 2.05) is 6.07 Å². The molecule has 2 nitrogen and oxygen atoms in total. The van der Waals surface area contributed by atoms with E-state index in [2.05, 4.69) is 204 Å². The van der Waals surface area contributed by atoms with Gasteiger partial charge in [0, 0.05) is 27.5 Å². The third-order valence-corrected chi connectivity index (χ3v) is 12.9. The summed E-state index contributed by atoms with van der Waals surface area (Å²) in [6, 6.07) is 66.3. The fraction of sp³-hybridized carbons (Fsp3) is 0.107. The van der Waals surface area contributed by atoms with E-state index in [0.29, 0.717) is 5.82 Å². The van der Waals surface area contributed by atoms with E-state index in [9.17, 15) is 0 Å². The Morgan fingerprint density at radius 1 is 0.310 bits per heavy atom. The average Bonchev–Trinajstić information content (AvgIpc) is 3.64. The lowest BCUT2D eigenvalue weighted by Gasteiger charge is -2.22. The summed E-state index contributed by atoms with van der Waals surface area (Å²) >= 11 is 0. The maximum atomic E-state index is 5.31. The normalized spacial score (nSPS) is 14.1. The van der Waals surface area contributed by atoms with E-state index < -0.39 is 0 Å². The maximum absolute atomic E-state index is 5.31. The smallest absolute Gasteiger partial charge is 0.160 e. The Morgan fingerprint density at radius 3 is 1.66 bits per heavy atom. The molecule has 2 aliphatic rings. The first-order chi connectivity index (χ1) is 28.3. The van der Waals surface area contributed by atoms with Crippen molar-refractivity contribution < 1.29 is 0 Å². The molecule has 0 spiro atoms. The molecule has 0 amide bonds. The molecule has 1 aromatic heterocycles. The van der Waals surface area contributed by atoms with Gasteiger partial charge in [-0.25, -0.2) is 9.97 Å². The standard InChI is InChI=1S/C56H42N2/c1-55(2)47-23-13-12-20-42(47)43-30-29-40(33-49(43)55)35-25-27-36(28-26-35)51-34-52(58-54(57-51)37-15-6-5-7-16-37)44-21-11-10-19-41(44)45-22-14-24-48-53(45)46-31-38-17-8-9-18-39(38)32-50(46)56(48,3)4/h5-34H,1-4H3. The zero-order chi connectivity index (χ0) is 39.2. The minimum absolute atomic E-state index is 0.0445. The molecule has 8 aromatic carbocycles. The van der Waals surface area contributed by atoms with Crippen molar-refractivity contribution in [3.63, 3.8) is 0 Å². The topological polar surface area (TPSA) is 25.8 Å². The van der Waals surface area contributed by atoms with Crippen LogP contribution in [0.3, 0.4) is 0 Å². The molecular weight excluding hydrogens is 701 g/mol. The molecule has 1 heterocycles. The van der Waals surface area contributed by atoms with Crippen LogP contribution in [0.2, 0.25) is 0 Å². The summed E-state index contributed by atoms with van der Waals surface area (Å²) in [6.45, 7) is 9.40. The first kappa shape index (κ1) is 34.4. The molecule has 58 heavy (non-hydrogen) atoms. The lowest BCUT2D eigenvalue weighted by Crippen LogP contribution is -2.14. The summed E-state index contributed by atoms with van der Waals surface area (Å²) < 4.78 is 0. The molecule has 0 aliphatic heterocycles. The maximum Gasteiger partial charge on any atom is 0.160 e. The molecule has 0 radical (unpaired) electrons. The lowest BCUT2D eigenvalue weighted by molar-refractivity contribution is 0.660. The van der Waals surface area contributed by atoms with E-state index >= 15 is 0 Å². The van der Waals surface area contributed by atoms with E-state index in [0.717, 1.165) is 33.6 Å².